The van der Waals surface area contributed by atoms with Gasteiger partial charge in [0.2, 0.25) is 0 Å². The number of aromatic nitrogens is 1. The number of pyridine rings is 1. The Morgan fingerprint density at radius 3 is 2.83 bits per heavy atom. The molecule has 1 aromatic heterocycles. The van der Waals surface area contributed by atoms with Gasteiger partial charge < -0.3 is 14.8 Å². The van der Waals surface area contributed by atoms with Gasteiger partial charge in [0.05, 0.1) is 13.3 Å². The number of rotatable bonds is 6. The fraction of sp³-hybridized carbons (Fsp3) is 0.417. The first-order chi connectivity index (χ1) is 8.67. The molecule has 1 rings (SSSR count). The summed E-state index contributed by atoms with van der Waals surface area (Å²) in [4.78, 5) is 26.7. The molecule has 18 heavy (non-hydrogen) atoms. The Hall–Kier alpha value is -2.11. The SMILES string of the molecule is CCC(NC(=O)COc1cccnc1)C(=O)OC. The molecule has 1 aromatic rings. The number of hydrogen-bond donors (Lipinski definition) is 1. The maximum Gasteiger partial charge on any atom is 0.328 e. The molecule has 0 bridgehead atoms. The van der Waals surface area contributed by atoms with E-state index in [1.165, 1.54) is 13.3 Å². The van der Waals surface area contributed by atoms with Gasteiger partial charge in [0.1, 0.15) is 11.8 Å². The number of methoxy groups -OCH3 is 1. The minimum Gasteiger partial charge on any atom is -0.482 e. The van der Waals surface area contributed by atoms with E-state index in [4.69, 9.17) is 4.74 Å². The molecule has 0 aliphatic rings. The number of hydrogen-bond acceptors (Lipinski definition) is 5. The maximum atomic E-state index is 11.5. The van der Waals surface area contributed by atoms with Crippen LogP contribution >= 0.6 is 0 Å². The lowest BCUT2D eigenvalue weighted by atomic mass is 10.2. The van der Waals surface area contributed by atoms with Crippen molar-refractivity contribution in [2.75, 3.05) is 13.7 Å². The molecule has 0 radical (unpaired) electrons. The van der Waals surface area contributed by atoms with Crippen LogP contribution in [0.5, 0.6) is 5.75 Å². The van der Waals surface area contributed by atoms with Gasteiger partial charge in [0.15, 0.2) is 6.61 Å². The molecule has 1 unspecified atom stereocenters. The highest BCUT2D eigenvalue weighted by Crippen LogP contribution is 2.05. The zero-order chi connectivity index (χ0) is 13.4. The molecular formula is C12H16N2O4. The fourth-order valence-electron chi connectivity index (χ4n) is 1.29. The molecule has 1 atom stereocenters. The smallest absolute Gasteiger partial charge is 0.328 e. The number of esters is 1. The highest BCUT2D eigenvalue weighted by Gasteiger charge is 2.19. The van der Waals surface area contributed by atoms with Gasteiger partial charge >= 0.3 is 5.97 Å². The van der Waals surface area contributed by atoms with Crippen molar-refractivity contribution in [3.63, 3.8) is 0 Å². The summed E-state index contributed by atoms with van der Waals surface area (Å²) in [5, 5.41) is 2.53. The summed E-state index contributed by atoms with van der Waals surface area (Å²) >= 11 is 0. The first-order valence-electron chi connectivity index (χ1n) is 5.57. The second-order valence-electron chi connectivity index (χ2n) is 3.53. The van der Waals surface area contributed by atoms with Crippen molar-refractivity contribution in [1.29, 1.82) is 0 Å². The molecule has 6 heteroatoms. The van der Waals surface area contributed by atoms with E-state index in [1.807, 2.05) is 0 Å². The van der Waals surface area contributed by atoms with E-state index < -0.39 is 12.0 Å². The summed E-state index contributed by atoms with van der Waals surface area (Å²) in [6, 6.07) is 2.76. The third-order valence-electron chi connectivity index (χ3n) is 2.23. The molecule has 0 saturated carbocycles. The molecule has 0 saturated heterocycles. The summed E-state index contributed by atoms with van der Waals surface area (Å²) in [6.45, 7) is 1.61. The molecule has 0 aliphatic heterocycles. The molecule has 0 fully saturated rings. The third-order valence-corrected chi connectivity index (χ3v) is 2.23. The number of ether oxygens (including phenoxy) is 2. The van der Waals surface area contributed by atoms with E-state index in [0.29, 0.717) is 12.2 Å². The van der Waals surface area contributed by atoms with Gasteiger partial charge in [-0.05, 0) is 18.6 Å². The van der Waals surface area contributed by atoms with Gasteiger partial charge in [-0.3, -0.25) is 9.78 Å². The van der Waals surface area contributed by atoms with Crippen molar-refractivity contribution in [3.05, 3.63) is 24.5 Å². The Morgan fingerprint density at radius 2 is 2.28 bits per heavy atom. The van der Waals surface area contributed by atoms with Crippen LogP contribution in [-0.2, 0) is 14.3 Å². The van der Waals surface area contributed by atoms with E-state index in [-0.39, 0.29) is 12.5 Å². The minimum atomic E-state index is -0.639. The number of amides is 1. The van der Waals surface area contributed by atoms with Crippen molar-refractivity contribution >= 4 is 11.9 Å². The van der Waals surface area contributed by atoms with E-state index in [1.54, 1.807) is 25.3 Å². The van der Waals surface area contributed by atoms with Gasteiger partial charge in [-0.15, -0.1) is 0 Å². The summed E-state index contributed by atoms with van der Waals surface area (Å²) < 4.78 is 9.76. The number of nitrogens with one attached hydrogen (secondary N) is 1. The van der Waals surface area contributed by atoms with E-state index >= 15 is 0 Å². The first-order valence-corrected chi connectivity index (χ1v) is 5.57. The molecule has 1 N–H and O–H groups in total. The summed E-state index contributed by atoms with van der Waals surface area (Å²) in [6.07, 6.45) is 3.58. The zero-order valence-electron chi connectivity index (χ0n) is 10.4. The van der Waals surface area contributed by atoms with Crippen molar-refractivity contribution < 1.29 is 19.1 Å². The van der Waals surface area contributed by atoms with Gasteiger partial charge in [-0.25, -0.2) is 4.79 Å². The predicted octanol–water partition coefficient (Wildman–Crippen LogP) is 0.528. The monoisotopic (exact) mass is 252 g/mol. The lowest BCUT2D eigenvalue weighted by molar-refractivity contribution is -0.145. The lowest BCUT2D eigenvalue weighted by Gasteiger charge is -2.14. The molecule has 1 heterocycles. The second-order valence-corrected chi connectivity index (χ2v) is 3.53. The Balaban J connectivity index is 2.39. The Morgan fingerprint density at radius 1 is 1.50 bits per heavy atom. The van der Waals surface area contributed by atoms with Gasteiger partial charge in [0.25, 0.3) is 5.91 Å². The molecule has 0 aromatic carbocycles. The van der Waals surface area contributed by atoms with Crippen LogP contribution in [0, 0.1) is 0 Å². The van der Waals surface area contributed by atoms with Crippen LogP contribution in [-0.4, -0.2) is 36.6 Å². The first kappa shape index (κ1) is 14.0. The van der Waals surface area contributed by atoms with Crippen LogP contribution in [0.25, 0.3) is 0 Å². The van der Waals surface area contributed by atoms with E-state index in [2.05, 4.69) is 15.0 Å². The molecule has 1 amide bonds. The molecular weight excluding hydrogens is 236 g/mol. The normalized spacial score (nSPS) is 11.4. The standard InChI is InChI=1S/C12H16N2O4/c1-3-10(12(16)17-2)14-11(15)8-18-9-5-4-6-13-7-9/h4-7,10H,3,8H2,1-2H3,(H,14,15). The average molecular weight is 252 g/mol. The minimum absolute atomic E-state index is 0.167. The molecule has 0 aliphatic carbocycles. The van der Waals surface area contributed by atoms with Crippen LogP contribution in [0.3, 0.4) is 0 Å². The third kappa shape index (κ3) is 4.40. The van der Waals surface area contributed by atoms with E-state index in [0.717, 1.165) is 0 Å². The number of carbonyl (C=O) groups excluding carboxylic acids is 2. The van der Waals surface area contributed by atoms with Crippen molar-refractivity contribution in [2.24, 2.45) is 0 Å². The average Bonchev–Trinajstić information content (AvgIpc) is 2.42. The Kier molecular flexibility index (Phi) is 5.63. The number of carbonyl (C=O) groups is 2. The van der Waals surface area contributed by atoms with E-state index in [9.17, 15) is 9.59 Å². The molecule has 0 spiro atoms. The summed E-state index contributed by atoms with van der Waals surface area (Å²) in [7, 11) is 1.28. The largest absolute Gasteiger partial charge is 0.482 e. The van der Waals surface area contributed by atoms with Crippen LogP contribution in [0.1, 0.15) is 13.3 Å². The predicted molar refractivity (Wildman–Crippen MR) is 64.0 cm³/mol. The van der Waals surface area contributed by atoms with Crippen LogP contribution in [0.4, 0.5) is 0 Å². The molecule has 6 nitrogen and oxygen atoms in total. The van der Waals surface area contributed by atoms with Crippen molar-refractivity contribution in [3.8, 4) is 5.75 Å². The number of nitrogens with zero attached hydrogens (tertiary/aromatic N) is 1. The second kappa shape index (κ2) is 7.26. The Labute approximate surface area is 105 Å². The van der Waals surface area contributed by atoms with Crippen LogP contribution in [0.15, 0.2) is 24.5 Å². The lowest BCUT2D eigenvalue weighted by Crippen LogP contribution is -2.43. The highest BCUT2D eigenvalue weighted by atomic mass is 16.5. The topological polar surface area (TPSA) is 77.5 Å². The van der Waals surface area contributed by atoms with Gasteiger partial charge in [0, 0.05) is 6.20 Å². The maximum absolute atomic E-state index is 11.5. The fourth-order valence-corrected chi connectivity index (χ4v) is 1.29. The quantitative estimate of drug-likeness (QED) is 0.747. The Bertz CT molecular complexity index is 394. The zero-order valence-corrected chi connectivity index (χ0v) is 10.4. The van der Waals surface area contributed by atoms with Gasteiger partial charge in [-0.1, -0.05) is 6.92 Å². The van der Waals surface area contributed by atoms with Crippen molar-refractivity contribution in [1.82, 2.24) is 10.3 Å². The van der Waals surface area contributed by atoms with Gasteiger partial charge in [-0.2, -0.15) is 0 Å². The molecule has 98 valence electrons. The summed E-state index contributed by atoms with van der Waals surface area (Å²) in [5.74, 6) is -0.345. The van der Waals surface area contributed by atoms with Crippen LogP contribution in [0.2, 0.25) is 0 Å². The van der Waals surface area contributed by atoms with Crippen LogP contribution < -0.4 is 10.1 Å². The van der Waals surface area contributed by atoms with Crippen molar-refractivity contribution in [2.45, 2.75) is 19.4 Å². The highest BCUT2D eigenvalue weighted by molar-refractivity contribution is 5.85. The summed E-state index contributed by atoms with van der Waals surface area (Å²) in [5.41, 5.74) is 0.